The van der Waals surface area contributed by atoms with E-state index >= 15 is 0 Å². The number of sulfonamides is 1. The van der Waals surface area contributed by atoms with Crippen molar-refractivity contribution in [3.05, 3.63) is 94.5 Å². The zero-order chi connectivity index (χ0) is 25.6. The molecule has 35 heavy (non-hydrogen) atoms. The van der Waals surface area contributed by atoms with E-state index in [1.165, 1.54) is 16.1 Å². The number of nitrogens with one attached hydrogen (secondary N) is 1. The van der Waals surface area contributed by atoms with Gasteiger partial charge in [-0.2, -0.15) is 0 Å². The van der Waals surface area contributed by atoms with Crippen molar-refractivity contribution in [2.75, 3.05) is 23.7 Å². The second-order valence-electron chi connectivity index (χ2n) is 9.06. The molecule has 6 nitrogen and oxygen atoms in total. The summed E-state index contributed by atoms with van der Waals surface area (Å²) in [5.41, 5.74) is 5.43. The van der Waals surface area contributed by atoms with Crippen molar-refractivity contribution >= 4 is 21.6 Å². The van der Waals surface area contributed by atoms with Gasteiger partial charge in [-0.25, -0.2) is 8.42 Å². The zero-order valence-corrected chi connectivity index (χ0v) is 21.9. The summed E-state index contributed by atoms with van der Waals surface area (Å²) in [5, 5.41) is 2.85. The predicted molar refractivity (Wildman–Crippen MR) is 142 cm³/mol. The van der Waals surface area contributed by atoms with Gasteiger partial charge in [0.05, 0.1) is 25.0 Å². The summed E-state index contributed by atoms with van der Waals surface area (Å²) in [7, 11) is -3.48. The van der Waals surface area contributed by atoms with Crippen LogP contribution in [0, 0.1) is 13.8 Å². The number of aryl methyl sites for hydroxylation is 2. The molecule has 1 N–H and O–H groups in total. The van der Waals surface area contributed by atoms with Crippen molar-refractivity contribution in [1.29, 1.82) is 0 Å². The Morgan fingerprint density at radius 2 is 1.60 bits per heavy atom. The highest BCUT2D eigenvalue weighted by atomic mass is 32.2. The van der Waals surface area contributed by atoms with Crippen LogP contribution in [0.5, 0.6) is 5.75 Å². The molecule has 0 atom stereocenters. The van der Waals surface area contributed by atoms with Crippen LogP contribution in [-0.4, -0.2) is 33.7 Å². The predicted octanol–water partition coefficient (Wildman–Crippen LogP) is 5.20. The number of ether oxygens (including phenoxy) is 1. The van der Waals surface area contributed by atoms with Crippen LogP contribution >= 0.6 is 0 Å². The second kappa shape index (κ2) is 11.4. The van der Waals surface area contributed by atoms with Crippen molar-refractivity contribution in [1.82, 2.24) is 5.32 Å². The maximum Gasteiger partial charge on any atom is 0.251 e. The third-order valence-electron chi connectivity index (χ3n) is 5.93. The largest absolute Gasteiger partial charge is 0.492 e. The summed E-state index contributed by atoms with van der Waals surface area (Å²) < 4.78 is 32.0. The van der Waals surface area contributed by atoms with Gasteiger partial charge in [0.25, 0.3) is 5.91 Å². The molecule has 0 heterocycles. The highest BCUT2D eigenvalue weighted by molar-refractivity contribution is 7.92. The SMILES string of the molecule is Cc1ccc(OCCNC(=O)c2ccc(CN(c3ccc(C(C)C)cc3)S(C)(=O)=O)cc2)cc1C. The van der Waals surface area contributed by atoms with Crippen LogP contribution < -0.4 is 14.4 Å². The molecule has 186 valence electrons. The van der Waals surface area contributed by atoms with Crippen LogP contribution in [0.1, 0.15) is 52.4 Å². The molecule has 0 spiro atoms. The Kier molecular flexibility index (Phi) is 8.57. The van der Waals surface area contributed by atoms with Gasteiger partial charge < -0.3 is 10.1 Å². The summed E-state index contributed by atoms with van der Waals surface area (Å²) in [6.45, 7) is 9.20. The van der Waals surface area contributed by atoms with E-state index in [2.05, 4.69) is 19.2 Å². The van der Waals surface area contributed by atoms with Crippen LogP contribution in [0.4, 0.5) is 5.69 Å². The average Bonchev–Trinajstić information content (AvgIpc) is 2.82. The van der Waals surface area contributed by atoms with Gasteiger partial charge in [0.1, 0.15) is 12.4 Å². The van der Waals surface area contributed by atoms with Crippen LogP contribution in [0.25, 0.3) is 0 Å². The van der Waals surface area contributed by atoms with Crippen molar-refractivity contribution in [3.63, 3.8) is 0 Å². The molecule has 1 amide bonds. The molecule has 0 aliphatic carbocycles. The molecule has 0 aliphatic rings. The number of anilines is 1. The fraction of sp³-hybridized carbons (Fsp3) is 0.321. The molecular weight excluding hydrogens is 460 g/mol. The molecule has 7 heteroatoms. The quantitative estimate of drug-likeness (QED) is 0.393. The molecule has 3 rings (SSSR count). The van der Waals surface area contributed by atoms with E-state index in [1.807, 2.05) is 56.3 Å². The van der Waals surface area contributed by atoms with Gasteiger partial charge in [0.2, 0.25) is 10.0 Å². The Morgan fingerprint density at radius 3 is 2.17 bits per heavy atom. The van der Waals surface area contributed by atoms with E-state index < -0.39 is 10.0 Å². The maximum absolute atomic E-state index is 12.5. The number of amides is 1. The van der Waals surface area contributed by atoms with Crippen LogP contribution in [0.15, 0.2) is 66.7 Å². The Morgan fingerprint density at radius 1 is 0.943 bits per heavy atom. The first-order valence-electron chi connectivity index (χ1n) is 11.7. The van der Waals surface area contributed by atoms with Crippen LogP contribution in [0.3, 0.4) is 0 Å². The van der Waals surface area contributed by atoms with E-state index in [1.54, 1.807) is 24.3 Å². The lowest BCUT2D eigenvalue weighted by atomic mass is 10.0. The van der Waals surface area contributed by atoms with Crippen molar-refractivity contribution < 1.29 is 17.9 Å². The number of carbonyl (C=O) groups is 1. The molecule has 0 unspecified atom stereocenters. The minimum atomic E-state index is -3.48. The number of nitrogens with zero attached hydrogens (tertiary/aromatic N) is 1. The number of rotatable bonds is 10. The third-order valence-corrected chi connectivity index (χ3v) is 7.07. The van der Waals surface area contributed by atoms with Gasteiger partial charge in [-0.05, 0) is 78.4 Å². The Hall–Kier alpha value is -3.32. The zero-order valence-electron chi connectivity index (χ0n) is 21.0. The summed E-state index contributed by atoms with van der Waals surface area (Å²) in [6, 6.07) is 20.4. The molecule has 0 saturated carbocycles. The highest BCUT2D eigenvalue weighted by Gasteiger charge is 2.18. The lowest BCUT2D eigenvalue weighted by Crippen LogP contribution is -2.29. The normalized spacial score (nSPS) is 11.4. The van der Waals surface area contributed by atoms with E-state index in [9.17, 15) is 13.2 Å². The molecule has 0 aromatic heterocycles. The topological polar surface area (TPSA) is 75.7 Å². The van der Waals surface area contributed by atoms with Gasteiger partial charge in [0, 0.05) is 5.56 Å². The molecule has 0 bridgehead atoms. The van der Waals surface area contributed by atoms with E-state index in [0.717, 1.165) is 22.4 Å². The minimum Gasteiger partial charge on any atom is -0.492 e. The first-order chi connectivity index (χ1) is 16.5. The average molecular weight is 495 g/mol. The number of hydrogen-bond acceptors (Lipinski definition) is 4. The number of carbonyl (C=O) groups excluding carboxylic acids is 1. The summed E-state index contributed by atoms with van der Waals surface area (Å²) in [5.74, 6) is 0.943. The lowest BCUT2D eigenvalue weighted by molar-refractivity contribution is 0.0947. The molecule has 0 fully saturated rings. The maximum atomic E-state index is 12.5. The van der Waals surface area contributed by atoms with Crippen molar-refractivity contribution in [2.45, 2.75) is 40.2 Å². The number of hydrogen-bond donors (Lipinski definition) is 1. The molecular formula is C28H34N2O4S. The summed E-state index contributed by atoms with van der Waals surface area (Å²) in [4.78, 5) is 12.5. The minimum absolute atomic E-state index is 0.186. The van der Waals surface area contributed by atoms with Gasteiger partial charge in [-0.1, -0.05) is 44.2 Å². The highest BCUT2D eigenvalue weighted by Crippen LogP contribution is 2.24. The molecule has 0 radical (unpaired) electrons. The van der Waals surface area contributed by atoms with Gasteiger partial charge >= 0.3 is 0 Å². The van der Waals surface area contributed by atoms with Gasteiger partial charge in [-0.3, -0.25) is 9.10 Å². The fourth-order valence-electron chi connectivity index (χ4n) is 3.59. The first kappa shape index (κ1) is 26.3. The van der Waals surface area contributed by atoms with Crippen LogP contribution in [0.2, 0.25) is 0 Å². The van der Waals surface area contributed by atoms with Gasteiger partial charge in [-0.15, -0.1) is 0 Å². The van der Waals surface area contributed by atoms with Crippen LogP contribution in [-0.2, 0) is 16.6 Å². The van der Waals surface area contributed by atoms with Crippen molar-refractivity contribution in [2.24, 2.45) is 0 Å². The number of benzene rings is 3. The van der Waals surface area contributed by atoms with Crippen molar-refractivity contribution in [3.8, 4) is 5.75 Å². The standard InChI is InChI=1S/C28H34N2O4S/c1-20(2)24-11-13-26(14-12-24)30(35(5,32)33)19-23-7-9-25(10-8-23)28(31)29-16-17-34-27-15-6-21(3)22(4)18-27/h6-15,18,20H,16-17,19H2,1-5H3,(H,29,31). The van der Waals surface area contributed by atoms with E-state index in [0.29, 0.717) is 30.3 Å². The van der Waals surface area contributed by atoms with E-state index in [-0.39, 0.29) is 12.5 Å². The molecule has 0 aliphatic heterocycles. The first-order valence-corrected chi connectivity index (χ1v) is 13.5. The second-order valence-corrected chi connectivity index (χ2v) is 11.0. The molecule has 3 aromatic rings. The molecule has 0 saturated heterocycles. The summed E-state index contributed by atoms with van der Waals surface area (Å²) >= 11 is 0. The Labute approximate surface area is 209 Å². The smallest absolute Gasteiger partial charge is 0.251 e. The monoisotopic (exact) mass is 494 g/mol. The third kappa shape index (κ3) is 7.33. The Bertz CT molecular complexity index is 1250. The van der Waals surface area contributed by atoms with Gasteiger partial charge in [0.15, 0.2) is 0 Å². The molecule has 3 aromatic carbocycles. The fourth-order valence-corrected chi connectivity index (χ4v) is 4.48. The van der Waals surface area contributed by atoms with E-state index in [4.69, 9.17) is 4.74 Å². The summed E-state index contributed by atoms with van der Waals surface area (Å²) in [6.07, 6.45) is 1.20. The Balaban J connectivity index is 1.58. The lowest BCUT2D eigenvalue weighted by Gasteiger charge is -2.23.